The van der Waals surface area contributed by atoms with Gasteiger partial charge in [0.2, 0.25) is 5.91 Å². The van der Waals surface area contributed by atoms with Crippen molar-refractivity contribution in [3.8, 4) is 0 Å². The minimum absolute atomic E-state index is 0. The van der Waals surface area contributed by atoms with Crippen molar-refractivity contribution in [1.29, 1.82) is 0 Å². The fourth-order valence-corrected chi connectivity index (χ4v) is 4.95. The Bertz CT molecular complexity index is 629. The average Bonchev–Trinajstić information content (AvgIpc) is 3.14. The van der Waals surface area contributed by atoms with Gasteiger partial charge in [-0.05, 0) is 44.4 Å². The van der Waals surface area contributed by atoms with E-state index >= 15 is 0 Å². The highest BCUT2D eigenvalue weighted by molar-refractivity contribution is 14.0. The minimum atomic E-state index is -0.222. The number of likely N-dealkylation sites (N-methyl/N-ethyl adjacent to an activating group) is 1. The van der Waals surface area contributed by atoms with Gasteiger partial charge in [0.15, 0.2) is 5.96 Å². The summed E-state index contributed by atoms with van der Waals surface area (Å²) in [6.45, 7) is 5.82. The number of aliphatic imine (C=N–C) groups is 1. The molecule has 8 nitrogen and oxygen atoms in total. The van der Waals surface area contributed by atoms with Crippen LogP contribution in [0, 0.1) is 5.41 Å². The van der Waals surface area contributed by atoms with Gasteiger partial charge in [0.05, 0.1) is 6.61 Å². The number of hydrogen-bond donors (Lipinski definition) is 1. The quantitative estimate of drug-likeness (QED) is 0.332. The maximum atomic E-state index is 12.1. The van der Waals surface area contributed by atoms with Crippen LogP contribution in [-0.2, 0) is 9.53 Å². The van der Waals surface area contributed by atoms with Crippen molar-refractivity contribution in [2.75, 3.05) is 53.4 Å². The lowest BCUT2D eigenvalue weighted by molar-refractivity contribution is -0.127. The Labute approximate surface area is 204 Å². The van der Waals surface area contributed by atoms with Gasteiger partial charge >= 0.3 is 6.09 Å². The van der Waals surface area contributed by atoms with Crippen LogP contribution in [0.25, 0.3) is 0 Å². The average molecular weight is 549 g/mol. The van der Waals surface area contributed by atoms with Crippen LogP contribution in [0.15, 0.2) is 4.99 Å². The van der Waals surface area contributed by atoms with E-state index in [1.165, 1.54) is 38.5 Å². The van der Waals surface area contributed by atoms with Crippen molar-refractivity contribution >= 4 is 41.9 Å². The van der Waals surface area contributed by atoms with Gasteiger partial charge in [-0.3, -0.25) is 4.79 Å². The first-order valence-electron chi connectivity index (χ1n) is 11.6. The third-order valence-corrected chi connectivity index (χ3v) is 6.87. The molecular weight excluding hydrogens is 509 g/mol. The number of piperidine rings is 1. The summed E-state index contributed by atoms with van der Waals surface area (Å²) in [5, 5.41) is 3.63. The fraction of sp³-hybridized carbons (Fsp3) is 0.864. The first-order chi connectivity index (χ1) is 14.4. The van der Waals surface area contributed by atoms with Crippen LogP contribution in [-0.4, -0.2) is 92.1 Å². The van der Waals surface area contributed by atoms with Crippen molar-refractivity contribution in [1.82, 2.24) is 20.0 Å². The first kappa shape index (κ1) is 26.0. The van der Waals surface area contributed by atoms with E-state index in [1.54, 1.807) is 23.9 Å². The standard InChI is InChI=1S/C22H39N5O3.HI/c1-4-30-21(29)26-13-8-18(9-14-26)24-20(23-16-19(28)25(2)3)27-15-12-22(17-27)10-6-5-7-11-22;/h18H,4-17H2,1-3H3,(H,23,24);1H. The number of likely N-dealkylation sites (tertiary alicyclic amines) is 2. The Morgan fingerprint density at radius 1 is 1.06 bits per heavy atom. The summed E-state index contributed by atoms with van der Waals surface area (Å²) in [7, 11) is 3.53. The van der Waals surface area contributed by atoms with E-state index in [0.717, 1.165) is 31.9 Å². The first-order valence-corrected chi connectivity index (χ1v) is 11.6. The van der Waals surface area contributed by atoms with Crippen LogP contribution < -0.4 is 5.32 Å². The van der Waals surface area contributed by atoms with Gasteiger partial charge in [0.1, 0.15) is 6.54 Å². The predicted molar refractivity (Wildman–Crippen MR) is 133 cm³/mol. The maximum Gasteiger partial charge on any atom is 0.409 e. The molecule has 0 unspecified atom stereocenters. The second-order valence-electron chi connectivity index (χ2n) is 9.26. The second kappa shape index (κ2) is 12.1. The number of nitrogens with one attached hydrogen (secondary N) is 1. The predicted octanol–water partition coefficient (Wildman–Crippen LogP) is 2.92. The van der Waals surface area contributed by atoms with E-state index in [-0.39, 0.29) is 48.6 Å². The lowest BCUT2D eigenvalue weighted by Gasteiger charge is -2.36. The number of guanidine groups is 1. The van der Waals surface area contributed by atoms with Crippen LogP contribution in [0.2, 0.25) is 0 Å². The molecule has 178 valence electrons. The number of rotatable bonds is 4. The van der Waals surface area contributed by atoms with Crippen molar-refractivity contribution < 1.29 is 14.3 Å². The molecule has 0 aromatic rings. The molecule has 0 atom stereocenters. The SMILES string of the molecule is CCOC(=O)N1CCC(NC(=NCC(=O)N(C)C)N2CCC3(CCCCC3)C2)CC1.I. The van der Waals surface area contributed by atoms with Crippen LogP contribution >= 0.6 is 24.0 Å². The van der Waals surface area contributed by atoms with Gasteiger partial charge in [-0.25, -0.2) is 9.79 Å². The van der Waals surface area contributed by atoms with Crippen molar-refractivity contribution in [3.05, 3.63) is 0 Å². The zero-order chi connectivity index (χ0) is 21.6. The van der Waals surface area contributed by atoms with Crippen LogP contribution in [0.1, 0.15) is 58.3 Å². The summed E-state index contributed by atoms with van der Waals surface area (Å²) in [4.78, 5) is 34.6. The van der Waals surface area contributed by atoms with Crippen LogP contribution in [0.4, 0.5) is 4.79 Å². The molecule has 2 saturated heterocycles. The van der Waals surface area contributed by atoms with Crippen molar-refractivity contribution in [2.24, 2.45) is 10.4 Å². The molecule has 0 bridgehead atoms. The van der Waals surface area contributed by atoms with E-state index in [1.807, 2.05) is 6.92 Å². The number of halogens is 1. The minimum Gasteiger partial charge on any atom is -0.450 e. The highest BCUT2D eigenvalue weighted by atomic mass is 127. The van der Waals surface area contributed by atoms with E-state index < -0.39 is 0 Å². The number of ether oxygens (including phenoxy) is 1. The maximum absolute atomic E-state index is 12.1. The molecule has 0 aromatic heterocycles. The van der Waals surface area contributed by atoms with Crippen LogP contribution in [0.5, 0.6) is 0 Å². The third kappa shape index (κ3) is 7.12. The highest BCUT2D eigenvalue weighted by Crippen LogP contribution is 2.43. The van der Waals surface area contributed by atoms with Crippen molar-refractivity contribution in [2.45, 2.75) is 64.3 Å². The Morgan fingerprint density at radius 3 is 2.35 bits per heavy atom. The summed E-state index contributed by atoms with van der Waals surface area (Å²) >= 11 is 0. The highest BCUT2D eigenvalue weighted by Gasteiger charge is 2.40. The molecule has 2 heterocycles. The largest absolute Gasteiger partial charge is 0.450 e. The smallest absolute Gasteiger partial charge is 0.409 e. The molecule has 9 heteroatoms. The summed E-state index contributed by atoms with van der Waals surface area (Å²) in [6, 6.07) is 0.256. The molecular formula is C22H40IN5O3. The van der Waals surface area contributed by atoms with E-state index in [0.29, 0.717) is 25.1 Å². The number of nitrogens with zero attached hydrogens (tertiary/aromatic N) is 4. The molecule has 3 rings (SSSR count). The lowest BCUT2D eigenvalue weighted by Crippen LogP contribution is -2.51. The molecule has 3 aliphatic rings. The van der Waals surface area contributed by atoms with Gasteiger partial charge in [0, 0.05) is 46.3 Å². The molecule has 1 spiro atoms. The summed E-state index contributed by atoms with van der Waals surface area (Å²) in [5.41, 5.74) is 0.430. The molecule has 2 aliphatic heterocycles. The number of carbonyl (C=O) groups excluding carboxylic acids is 2. The van der Waals surface area contributed by atoms with Gasteiger partial charge < -0.3 is 24.8 Å². The van der Waals surface area contributed by atoms with Gasteiger partial charge in [0.25, 0.3) is 0 Å². The fourth-order valence-electron chi connectivity index (χ4n) is 4.95. The molecule has 2 amide bonds. The number of hydrogen-bond acceptors (Lipinski definition) is 4. The zero-order valence-electron chi connectivity index (χ0n) is 19.4. The monoisotopic (exact) mass is 549 g/mol. The summed E-state index contributed by atoms with van der Waals surface area (Å²) in [5.74, 6) is 0.875. The Kier molecular flexibility index (Phi) is 10.2. The van der Waals surface area contributed by atoms with Gasteiger partial charge in [-0.1, -0.05) is 19.3 Å². The summed E-state index contributed by atoms with van der Waals surface area (Å²) < 4.78 is 5.12. The lowest BCUT2D eigenvalue weighted by atomic mass is 9.73. The molecule has 3 fully saturated rings. The molecule has 0 radical (unpaired) electrons. The van der Waals surface area contributed by atoms with E-state index in [9.17, 15) is 9.59 Å². The second-order valence-corrected chi connectivity index (χ2v) is 9.26. The molecule has 31 heavy (non-hydrogen) atoms. The molecule has 1 saturated carbocycles. The normalized spacial score (nSPS) is 21.6. The third-order valence-electron chi connectivity index (χ3n) is 6.87. The summed E-state index contributed by atoms with van der Waals surface area (Å²) in [6.07, 6.45) is 9.36. The topological polar surface area (TPSA) is 77.5 Å². The van der Waals surface area contributed by atoms with E-state index in [4.69, 9.17) is 9.73 Å². The number of amides is 2. The number of carbonyl (C=O) groups is 2. The molecule has 0 aromatic carbocycles. The molecule has 1 aliphatic carbocycles. The Hall–Kier alpha value is -1.26. The van der Waals surface area contributed by atoms with E-state index in [2.05, 4.69) is 10.2 Å². The van der Waals surface area contributed by atoms with Gasteiger partial charge in [-0.2, -0.15) is 0 Å². The molecule has 1 N–H and O–H groups in total. The van der Waals surface area contributed by atoms with Crippen LogP contribution in [0.3, 0.4) is 0 Å². The zero-order valence-corrected chi connectivity index (χ0v) is 21.7. The Morgan fingerprint density at radius 2 is 1.74 bits per heavy atom. The Balaban J connectivity index is 0.00000341. The van der Waals surface area contributed by atoms with Crippen molar-refractivity contribution in [3.63, 3.8) is 0 Å². The van der Waals surface area contributed by atoms with Gasteiger partial charge in [-0.15, -0.1) is 24.0 Å².